The Morgan fingerprint density at radius 3 is 2.15 bits per heavy atom. The highest BCUT2D eigenvalue weighted by molar-refractivity contribution is 5.87. The molecule has 0 fully saturated rings. The summed E-state index contributed by atoms with van der Waals surface area (Å²) >= 11 is 0. The number of aromatic nitrogens is 1. The molecule has 2 rings (SSSR count). The molecule has 33 heavy (non-hydrogen) atoms. The molecule has 0 atom stereocenters. The minimum absolute atomic E-state index is 0.0985. The van der Waals surface area contributed by atoms with Gasteiger partial charge in [-0.15, -0.1) is 0 Å². The van der Waals surface area contributed by atoms with Crippen molar-refractivity contribution in [3.05, 3.63) is 53.7 Å². The van der Waals surface area contributed by atoms with Gasteiger partial charge in [0, 0.05) is 25.0 Å². The Hall–Kier alpha value is -2.97. The molecule has 180 valence electrons. The van der Waals surface area contributed by atoms with Gasteiger partial charge in [0.2, 0.25) is 5.88 Å². The molecule has 0 aliphatic heterocycles. The highest BCUT2D eigenvalue weighted by Crippen LogP contribution is 2.19. The number of nitrogens with zero attached hydrogens (tertiary/aromatic N) is 2. The van der Waals surface area contributed by atoms with Crippen molar-refractivity contribution in [3.8, 4) is 5.88 Å². The fraction of sp³-hybridized carbons (Fsp3) is 0.440. The molecule has 1 aromatic heterocycles. The summed E-state index contributed by atoms with van der Waals surface area (Å²) < 4.78 is 33.1. The van der Waals surface area contributed by atoms with Crippen molar-refractivity contribution < 1.29 is 28.1 Å². The highest BCUT2D eigenvalue weighted by atomic mass is 19.1. The van der Waals surface area contributed by atoms with E-state index < -0.39 is 18.4 Å². The molecule has 2 aromatic rings. The Morgan fingerprint density at radius 1 is 0.939 bits per heavy atom. The zero-order chi connectivity index (χ0) is 24.1. The summed E-state index contributed by atoms with van der Waals surface area (Å²) in [6.07, 6.45) is 5.24. The quantitative estimate of drug-likeness (QED) is 0.415. The SMILES string of the molecule is CN(C(=O)OC(C)(C)C)c1ccc(C=Cc2ccc(OCCOCCOCCF)nc2)cc1. The average Bonchev–Trinajstić information content (AvgIpc) is 2.79. The van der Waals surface area contributed by atoms with Gasteiger partial charge in [-0.1, -0.05) is 24.3 Å². The number of carbonyl (C=O) groups is 1. The molecule has 0 saturated heterocycles. The second kappa shape index (κ2) is 13.5. The van der Waals surface area contributed by atoms with Gasteiger partial charge in [-0.05, 0) is 50.1 Å². The number of carbonyl (C=O) groups excluding carboxylic acids is 1. The first-order chi connectivity index (χ1) is 15.8. The second-order valence-electron chi connectivity index (χ2n) is 8.16. The molecule has 1 heterocycles. The number of ether oxygens (including phenoxy) is 4. The molecule has 1 amide bonds. The first-order valence-electron chi connectivity index (χ1n) is 10.8. The van der Waals surface area contributed by atoms with Gasteiger partial charge in [-0.3, -0.25) is 4.90 Å². The first kappa shape index (κ1) is 26.3. The Bertz CT molecular complexity index is 864. The van der Waals surface area contributed by atoms with Crippen LogP contribution in [-0.2, 0) is 14.2 Å². The minimum Gasteiger partial charge on any atom is -0.475 e. The maximum absolute atomic E-state index is 12.2. The van der Waals surface area contributed by atoms with Crippen molar-refractivity contribution in [2.24, 2.45) is 0 Å². The molecular formula is C25H33FN2O5. The molecule has 1 aromatic carbocycles. The van der Waals surface area contributed by atoms with Gasteiger partial charge in [0.15, 0.2) is 0 Å². The fourth-order valence-electron chi connectivity index (χ4n) is 2.59. The monoisotopic (exact) mass is 460 g/mol. The summed E-state index contributed by atoms with van der Waals surface area (Å²) in [5, 5.41) is 0. The molecule has 0 N–H and O–H groups in total. The number of halogens is 1. The topological polar surface area (TPSA) is 70.1 Å². The van der Waals surface area contributed by atoms with E-state index in [-0.39, 0.29) is 6.61 Å². The van der Waals surface area contributed by atoms with Crippen LogP contribution in [0.1, 0.15) is 31.9 Å². The van der Waals surface area contributed by atoms with Crippen LogP contribution in [0, 0.1) is 0 Å². The van der Waals surface area contributed by atoms with Gasteiger partial charge >= 0.3 is 6.09 Å². The van der Waals surface area contributed by atoms with E-state index in [1.165, 1.54) is 4.90 Å². The van der Waals surface area contributed by atoms with Crippen LogP contribution in [0.5, 0.6) is 5.88 Å². The molecule has 8 heteroatoms. The van der Waals surface area contributed by atoms with Crippen LogP contribution < -0.4 is 9.64 Å². The van der Waals surface area contributed by atoms with E-state index >= 15 is 0 Å². The third-order valence-corrected chi connectivity index (χ3v) is 4.25. The molecule has 0 aliphatic rings. The van der Waals surface area contributed by atoms with Crippen LogP contribution in [-0.4, -0.2) is 63.4 Å². The van der Waals surface area contributed by atoms with E-state index in [1.54, 1.807) is 19.3 Å². The number of amides is 1. The maximum atomic E-state index is 12.2. The lowest BCUT2D eigenvalue weighted by Crippen LogP contribution is -2.34. The number of hydrogen-bond donors (Lipinski definition) is 0. The third-order valence-electron chi connectivity index (χ3n) is 4.25. The van der Waals surface area contributed by atoms with Gasteiger partial charge in [0.25, 0.3) is 0 Å². The van der Waals surface area contributed by atoms with E-state index in [1.807, 2.05) is 63.3 Å². The molecule has 0 saturated carbocycles. The van der Waals surface area contributed by atoms with Gasteiger partial charge in [-0.25, -0.2) is 14.2 Å². The summed E-state index contributed by atoms with van der Waals surface area (Å²) in [4.78, 5) is 17.9. The summed E-state index contributed by atoms with van der Waals surface area (Å²) in [5.41, 5.74) is 2.13. The first-order valence-corrected chi connectivity index (χ1v) is 10.8. The Morgan fingerprint density at radius 2 is 1.55 bits per heavy atom. The van der Waals surface area contributed by atoms with Crippen molar-refractivity contribution in [1.82, 2.24) is 4.98 Å². The van der Waals surface area contributed by atoms with Crippen molar-refractivity contribution >= 4 is 23.9 Å². The normalized spacial score (nSPS) is 11.5. The molecule has 0 spiro atoms. The van der Waals surface area contributed by atoms with Crippen molar-refractivity contribution in [2.45, 2.75) is 26.4 Å². The Kier molecular flexibility index (Phi) is 10.8. The fourth-order valence-corrected chi connectivity index (χ4v) is 2.59. The number of benzene rings is 1. The van der Waals surface area contributed by atoms with Crippen LogP contribution in [0.15, 0.2) is 42.6 Å². The maximum Gasteiger partial charge on any atom is 0.414 e. The standard InChI is InChI=1S/C25H33FN2O5/c1-25(2,3)33-24(29)28(4)22-10-7-20(8-11-22)5-6-21-9-12-23(27-19-21)32-18-17-31-16-15-30-14-13-26/h5-12,19H,13-18H2,1-4H3. The van der Waals surface area contributed by atoms with Crippen LogP contribution in [0.4, 0.5) is 14.9 Å². The minimum atomic E-state index is -0.538. The molecular weight excluding hydrogens is 427 g/mol. The van der Waals surface area contributed by atoms with Gasteiger partial charge in [-0.2, -0.15) is 0 Å². The van der Waals surface area contributed by atoms with E-state index in [2.05, 4.69) is 4.98 Å². The van der Waals surface area contributed by atoms with Crippen molar-refractivity contribution in [1.29, 1.82) is 0 Å². The number of anilines is 1. The molecule has 0 radical (unpaired) electrons. The van der Waals surface area contributed by atoms with E-state index in [4.69, 9.17) is 18.9 Å². The predicted octanol–water partition coefficient (Wildman–Crippen LogP) is 5.00. The van der Waals surface area contributed by atoms with E-state index in [9.17, 15) is 9.18 Å². The van der Waals surface area contributed by atoms with Crippen LogP contribution >= 0.6 is 0 Å². The number of pyridine rings is 1. The largest absolute Gasteiger partial charge is 0.475 e. The van der Waals surface area contributed by atoms with Gasteiger partial charge in [0.1, 0.15) is 18.9 Å². The molecule has 0 unspecified atom stereocenters. The Labute approximate surface area is 195 Å². The zero-order valence-electron chi connectivity index (χ0n) is 19.8. The van der Waals surface area contributed by atoms with Gasteiger partial charge < -0.3 is 18.9 Å². The summed E-state index contributed by atoms with van der Waals surface area (Å²) in [6, 6.07) is 11.3. The molecule has 0 aliphatic carbocycles. The van der Waals surface area contributed by atoms with E-state index in [0.717, 1.165) is 16.8 Å². The zero-order valence-corrected chi connectivity index (χ0v) is 19.8. The second-order valence-corrected chi connectivity index (χ2v) is 8.16. The lowest BCUT2D eigenvalue weighted by molar-refractivity contribution is 0.0320. The average molecular weight is 461 g/mol. The summed E-state index contributed by atoms with van der Waals surface area (Å²) in [6.45, 7) is 6.67. The highest BCUT2D eigenvalue weighted by Gasteiger charge is 2.20. The lowest BCUT2D eigenvalue weighted by atomic mass is 10.1. The smallest absolute Gasteiger partial charge is 0.414 e. The Balaban J connectivity index is 1.77. The van der Waals surface area contributed by atoms with Crippen LogP contribution in [0.25, 0.3) is 12.2 Å². The van der Waals surface area contributed by atoms with Crippen LogP contribution in [0.2, 0.25) is 0 Å². The van der Waals surface area contributed by atoms with Crippen molar-refractivity contribution in [2.75, 3.05) is 51.7 Å². The predicted molar refractivity (Wildman–Crippen MR) is 127 cm³/mol. The van der Waals surface area contributed by atoms with Crippen molar-refractivity contribution in [3.63, 3.8) is 0 Å². The van der Waals surface area contributed by atoms with Crippen LogP contribution in [0.3, 0.4) is 0 Å². The summed E-state index contributed by atoms with van der Waals surface area (Å²) in [5.74, 6) is 0.513. The van der Waals surface area contributed by atoms with Gasteiger partial charge in [0.05, 0.1) is 26.4 Å². The molecule has 0 bridgehead atoms. The summed E-state index contributed by atoms with van der Waals surface area (Å²) in [7, 11) is 1.68. The van der Waals surface area contributed by atoms with E-state index in [0.29, 0.717) is 32.3 Å². The molecule has 7 nitrogen and oxygen atoms in total. The number of hydrogen-bond acceptors (Lipinski definition) is 6. The number of rotatable bonds is 12. The third kappa shape index (κ3) is 10.5. The number of alkyl halides is 1. The lowest BCUT2D eigenvalue weighted by Gasteiger charge is -2.24.